The normalized spacial score (nSPS) is 10.4. The molecule has 0 radical (unpaired) electrons. The van der Waals surface area contributed by atoms with Gasteiger partial charge in [0, 0.05) is 24.4 Å². The maximum absolute atomic E-state index is 12.7. The highest BCUT2D eigenvalue weighted by molar-refractivity contribution is 5.17. The van der Waals surface area contributed by atoms with Crippen LogP contribution >= 0.6 is 0 Å². The molecule has 0 bridgehead atoms. The summed E-state index contributed by atoms with van der Waals surface area (Å²) in [6, 6.07) is 3.05. The number of alkyl halides is 2. The van der Waals surface area contributed by atoms with Gasteiger partial charge < -0.3 is 0 Å². The van der Waals surface area contributed by atoms with Gasteiger partial charge in [0.1, 0.15) is 0 Å². The summed E-state index contributed by atoms with van der Waals surface area (Å²) in [5, 5.41) is 0. The first-order chi connectivity index (χ1) is 6.54. The van der Waals surface area contributed by atoms with Crippen molar-refractivity contribution in [1.82, 2.24) is 4.98 Å². The highest BCUT2D eigenvalue weighted by Gasteiger charge is 2.23. The Labute approximate surface area is 84.2 Å². The van der Waals surface area contributed by atoms with Gasteiger partial charge in [0.05, 0.1) is 0 Å². The average molecular weight is 201 g/mol. The fourth-order valence-corrected chi connectivity index (χ4v) is 0.893. The van der Waals surface area contributed by atoms with Crippen molar-refractivity contribution in [2.45, 2.75) is 40.0 Å². The van der Waals surface area contributed by atoms with Crippen molar-refractivity contribution in [2.24, 2.45) is 0 Å². The van der Waals surface area contributed by atoms with Crippen molar-refractivity contribution in [3.8, 4) is 0 Å². The molecule has 1 heterocycles. The Hall–Kier alpha value is -0.990. The van der Waals surface area contributed by atoms with E-state index in [1.54, 1.807) is 6.07 Å². The van der Waals surface area contributed by atoms with Crippen LogP contribution in [-0.2, 0) is 12.3 Å². The second-order valence-corrected chi connectivity index (χ2v) is 2.78. The molecule has 1 nitrogen and oxygen atoms in total. The largest absolute Gasteiger partial charge is 0.272 e. The topological polar surface area (TPSA) is 12.9 Å². The molecule has 0 aliphatic heterocycles. The van der Waals surface area contributed by atoms with Crippen LogP contribution in [0.4, 0.5) is 8.78 Å². The Morgan fingerprint density at radius 2 is 1.86 bits per heavy atom. The van der Waals surface area contributed by atoms with Crippen LogP contribution in [0.1, 0.15) is 39.0 Å². The summed E-state index contributed by atoms with van der Waals surface area (Å²) in [6.45, 7) is 6.81. The van der Waals surface area contributed by atoms with Crippen molar-refractivity contribution in [2.75, 3.05) is 0 Å². The van der Waals surface area contributed by atoms with E-state index in [0.29, 0.717) is 0 Å². The van der Waals surface area contributed by atoms with Crippen molar-refractivity contribution in [3.63, 3.8) is 0 Å². The number of rotatable bonds is 2. The third-order valence-electron chi connectivity index (χ3n) is 1.69. The lowest BCUT2D eigenvalue weighted by Crippen LogP contribution is -2.07. The van der Waals surface area contributed by atoms with Gasteiger partial charge in [-0.05, 0) is 18.6 Å². The van der Waals surface area contributed by atoms with Gasteiger partial charge in [-0.25, -0.2) is 8.78 Å². The smallest absolute Gasteiger partial charge is 0.261 e. The molecule has 14 heavy (non-hydrogen) atoms. The molecule has 0 aromatic carbocycles. The molecule has 0 saturated carbocycles. The Balaban J connectivity index is 0.000000791. The molecule has 0 unspecified atom stereocenters. The molecular weight excluding hydrogens is 184 g/mol. The minimum Gasteiger partial charge on any atom is -0.261 e. The number of hydrogen-bond acceptors (Lipinski definition) is 1. The molecule has 0 atom stereocenters. The number of hydrogen-bond donors (Lipinski definition) is 0. The number of aromatic nitrogens is 1. The van der Waals surface area contributed by atoms with Crippen LogP contribution in [0, 0.1) is 0 Å². The molecule has 0 aliphatic rings. The number of halogens is 2. The van der Waals surface area contributed by atoms with Gasteiger partial charge in [0.25, 0.3) is 5.92 Å². The minimum absolute atomic E-state index is 0.0281. The third kappa shape index (κ3) is 3.81. The second-order valence-electron chi connectivity index (χ2n) is 2.78. The quantitative estimate of drug-likeness (QED) is 0.709. The molecule has 80 valence electrons. The van der Waals surface area contributed by atoms with E-state index in [1.807, 2.05) is 20.8 Å². The average Bonchev–Trinajstić information content (AvgIpc) is 2.20. The predicted molar refractivity (Wildman–Crippen MR) is 54.5 cm³/mol. The lowest BCUT2D eigenvalue weighted by atomic mass is 10.1. The first kappa shape index (κ1) is 13.0. The summed E-state index contributed by atoms with van der Waals surface area (Å²) in [7, 11) is 0. The Kier molecular flexibility index (Phi) is 5.28. The minimum atomic E-state index is -2.78. The monoisotopic (exact) mass is 201 g/mol. The van der Waals surface area contributed by atoms with Gasteiger partial charge in [-0.2, -0.15) is 0 Å². The van der Waals surface area contributed by atoms with Crippen molar-refractivity contribution >= 4 is 0 Å². The summed E-state index contributed by atoms with van der Waals surface area (Å²) in [4.78, 5) is 3.88. The van der Waals surface area contributed by atoms with E-state index < -0.39 is 5.92 Å². The molecule has 1 aromatic heterocycles. The number of nitrogens with zero attached hydrogens (tertiary/aromatic N) is 1. The maximum Gasteiger partial charge on any atom is 0.272 e. The van der Waals surface area contributed by atoms with Crippen molar-refractivity contribution in [3.05, 3.63) is 29.6 Å². The van der Waals surface area contributed by atoms with E-state index in [-0.39, 0.29) is 5.56 Å². The van der Waals surface area contributed by atoms with Crippen LogP contribution in [0.5, 0.6) is 0 Å². The van der Waals surface area contributed by atoms with Crippen LogP contribution in [0.15, 0.2) is 18.3 Å². The molecule has 0 fully saturated rings. The molecule has 0 amide bonds. The van der Waals surface area contributed by atoms with Crippen molar-refractivity contribution in [1.29, 1.82) is 0 Å². The highest BCUT2D eigenvalue weighted by Crippen LogP contribution is 2.25. The fourth-order valence-electron chi connectivity index (χ4n) is 0.893. The molecule has 0 spiro atoms. The second kappa shape index (κ2) is 5.68. The summed E-state index contributed by atoms with van der Waals surface area (Å²) in [5.74, 6) is -2.78. The summed E-state index contributed by atoms with van der Waals surface area (Å²) < 4.78 is 25.3. The molecule has 1 rings (SSSR count). The zero-order chi connectivity index (χ0) is 11.2. The lowest BCUT2D eigenvalue weighted by molar-refractivity contribution is 0.0171. The third-order valence-corrected chi connectivity index (χ3v) is 1.69. The maximum atomic E-state index is 12.7. The first-order valence-electron chi connectivity index (χ1n) is 4.87. The Bertz CT molecular complexity index is 249. The highest BCUT2D eigenvalue weighted by atomic mass is 19.3. The summed E-state index contributed by atoms with van der Waals surface area (Å²) >= 11 is 0. The van der Waals surface area contributed by atoms with E-state index in [4.69, 9.17) is 0 Å². The molecule has 3 heteroatoms. The van der Waals surface area contributed by atoms with Gasteiger partial charge in [-0.15, -0.1) is 0 Å². The van der Waals surface area contributed by atoms with Crippen LogP contribution in [0.25, 0.3) is 0 Å². The van der Waals surface area contributed by atoms with Gasteiger partial charge >= 0.3 is 0 Å². The molecule has 1 aromatic rings. The van der Waals surface area contributed by atoms with Gasteiger partial charge in [0.15, 0.2) is 0 Å². The van der Waals surface area contributed by atoms with Crippen molar-refractivity contribution < 1.29 is 8.78 Å². The molecular formula is C11H17F2N. The fraction of sp³-hybridized carbons (Fsp3) is 0.545. The zero-order valence-corrected chi connectivity index (χ0v) is 9.14. The van der Waals surface area contributed by atoms with Gasteiger partial charge in [0.2, 0.25) is 0 Å². The van der Waals surface area contributed by atoms with Crippen LogP contribution in [-0.4, -0.2) is 4.98 Å². The number of aryl methyl sites for hydroxylation is 1. The Morgan fingerprint density at radius 1 is 1.29 bits per heavy atom. The number of pyridine rings is 1. The van der Waals surface area contributed by atoms with E-state index in [9.17, 15) is 8.78 Å². The SMILES string of the molecule is CC.CCc1ccc(C(C)(F)F)cn1. The summed E-state index contributed by atoms with van der Waals surface area (Å²) in [6.07, 6.45) is 2.01. The van der Waals surface area contributed by atoms with E-state index in [1.165, 1.54) is 12.3 Å². The van der Waals surface area contributed by atoms with E-state index >= 15 is 0 Å². The zero-order valence-electron chi connectivity index (χ0n) is 9.14. The molecule has 0 saturated heterocycles. The standard InChI is InChI=1S/C9H11F2N.C2H6/c1-3-8-5-4-7(6-12-8)9(2,10)11;1-2/h4-6H,3H2,1-2H3;1-2H3. The van der Waals surface area contributed by atoms with E-state index in [0.717, 1.165) is 19.0 Å². The summed E-state index contributed by atoms with van der Waals surface area (Å²) in [5.41, 5.74) is 0.808. The molecule has 0 aliphatic carbocycles. The lowest BCUT2D eigenvalue weighted by Gasteiger charge is -2.09. The first-order valence-corrected chi connectivity index (χ1v) is 4.87. The molecule has 0 N–H and O–H groups in total. The predicted octanol–water partition coefficient (Wildman–Crippen LogP) is 3.78. The van der Waals surface area contributed by atoms with E-state index in [2.05, 4.69) is 4.98 Å². The van der Waals surface area contributed by atoms with Crippen LogP contribution in [0.3, 0.4) is 0 Å². The van der Waals surface area contributed by atoms with Gasteiger partial charge in [-0.3, -0.25) is 4.98 Å². The Morgan fingerprint density at radius 3 is 2.14 bits per heavy atom. The van der Waals surface area contributed by atoms with Gasteiger partial charge in [-0.1, -0.05) is 20.8 Å². The van der Waals surface area contributed by atoms with Crippen LogP contribution in [0.2, 0.25) is 0 Å². The van der Waals surface area contributed by atoms with Crippen LogP contribution < -0.4 is 0 Å².